The van der Waals surface area contributed by atoms with E-state index in [1.807, 2.05) is 0 Å². The summed E-state index contributed by atoms with van der Waals surface area (Å²) in [5.41, 5.74) is 0. The molecule has 9 heavy (non-hydrogen) atoms. The number of hydrogen-bond donors (Lipinski definition) is 0. The normalized spacial score (nSPS) is 16.0. The molecule has 0 unspecified atom stereocenters. The summed E-state index contributed by atoms with van der Waals surface area (Å²) < 4.78 is 13.9. The minimum absolute atomic E-state index is 0. The number of rotatable bonds is 0. The lowest BCUT2D eigenvalue weighted by molar-refractivity contribution is -0.247. The Kier molecular flexibility index (Phi) is 18.9. The average molecular weight is 144 g/mol. The second-order valence-corrected chi connectivity index (χ2v) is 0.966. The van der Waals surface area contributed by atoms with Crippen molar-refractivity contribution in [3.63, 3.8) is 0 Å². The van der Waals surface area contributed by atoms with Crippen molar-refractivity contribution in [3.8, 4) is 0 Å². The molecule has 60 valence electrons. The molecule has 0 saturated carbocycles. The molecule has 0 aromatic rings. The third kappa shape index (κ3) is 7.76. The van der Waals surface area contributed by atoms with Crippen LogP contribution in [0.25, 0.3) is 0 Å². The molecule has 0 radical (unpaired) electrons. The van der Waals surface area contributed by atoms with Crippen LogP contribution in [0.2, 0.25) is 0 Å². The monoisotopic (exact) mass is 144 g/mol. The Morgan fingerprint density at radius 2 is 0.778 bits per heavy atom. The minimum Gasteiger partial charge on any atom is -0.412 e. The van der Waals surface area contributed by atoms with Crippen molar-refractivity contribution >= 4 is 0 Å². The molecule has 6 N–H and O–H groups in total. The summed E-state index contributed by atoms with van der Waals surface area (Å²) in [6.07, 6.45) is 0. The van der Waals surface area contributed by atoms with E-state index in [2.05, 4.69) is 14.2 Å². The largest absolute Gasteiger partial charge is 0.412 e. The van der Waals surface area contributed by atoms with Crippen LogP contribution in [0, 0.1) is 0 Å². The van der Waals surface area contributed by atoms with Gasteiger partial charge in [-0.3, -0.25) is 0 Å². The van der Waals surface area contributed by atoms with Crippen LogP contribution in [-0.4, -0.2) is 36.8 Å². The molecule has 1 aliphatic rings. The predicted octanol–water partition coefficient (Wildman–Crippen LogP) is -2.55. The van der Waals surface area contributed by atoms with Crippen LogP contribution in [-0.2, 0) is 14.2 Å². The zero-order valence-corrected chi connectivity index (χ0v) is 4.85. The van der Waals surface area contributed by atoms with Crippen molar-refractivity contribution in [2.45, 2.75) is 0 Å². The molecule has 0 amide bonds. The molecule has 0 aromatic carbocycles. The fourth-order valence-corrected chi connectivity index (χ4v) is 0.279. The zero-order valence-electron chi connectivity index (χ0n) is 4.85. The van der Waals surface area contributed by atoms with E-state index in [1.165, 1.54) is 0 Å². The first-order valence-corrected chi connectivity index (χ1v) is 1.73. The summed E-state index contributed by atoms with van der Waals surface area (Å²) in [7, 11) is 0. The van der Waals surface area contributed by atoms with E-state index in [4.69, 9.17) is 0 Å². The zero-order chi connectivity index (χ0) is 4.24. The van der Waals surface area contributed by atoms with E-state index in [0.29, 0.717) is 20.4 Å². The first-order chi connectivity index (χ1) is 3.00. The van der Waals surface area contributed by atoms with E-state index >= 15 is 0 Å². The molecule has 1 aliphatic heterocycles. The first-order valence-electron chi connectivity index (χ1n) is 1.73. The highest BCUT2D eigenvalue weighted by molar-refractivity contribution is 4.09. The van der Waals surface area contributed by atoms with Gasteiger partial charge < -0.3 is 30.6 Å². The maximum atomic E-state index is 4.62. The molecular formula is C3H12O6. The van der Waals surface area contributed by atoms with Crippen LogP contribution in [0.15, 0.2) is 0 Å². The Balaban J connectivity index is -0.000000120. The van der Waals surface area contributed by atoms with E-state index in [0.717, 1.165) is 0 Å². The summed E-state index contributed by atoms with van der Waals surface area (Å²) in [5, 5.41) is 0. The molecule has 6 nitrogen and oxygen atoms in total. The van der Waals surface area contributed by atoms with Crippen molar-refractivity contribution in [1.82, 2.24) is 0 Å². The van der Waals surface area contributed by atoms with E-state index < -0.39 is 0 Å². The van der Waals surface area contributed by atoms with Crippen molar-refractivity contribution < 1.29 is 30.6 Å². The molecular weight excluding hydrogens is 132 g/mol. The van der Waals surface area contributed by atoms with Crippen LogP contribution in [0.5, 0.6) is 0 Å². The van der Waals surface area contributed by atoms with Crippen LogP contribution >= 0.6 is 0 Å². The van der Waals surface area contributed by atoms with E-state index in [-0.39, 0.29) is 16.4 Å². The maximum absolute atomic E-state index is 4.62. The summed E-state index contributed by atoms with van der Waals surface area (Å²) in [5.74, 6) is 0. The van der Waals surface area contributed by atoms with Gasteiger partial charge in [0.05, 0.1) is 0 Å². The summed E-state index contributed by atoms with van der Waals surface area (Å²) in [6.45, 7) is 1.12. The third-order valence-corrected chi connectivity index (χ3v) is 0.500. The Hall–Kier alpha value is -0.240. The Bertz CT molecular complexity index is 23.8. The summed E-state index contributed by atoms with van der Waals surface area (Å²) in [4.78, 5) is 0. The Labute approximate surface area is 52.2 Å². The molecule has 0 bridgehead atoms. The second-order valence-electron chi connectivity index (χ2n) is 0.966. The number of hydrogen-bond acceptors (Lipinski definition) is 3. The van der Waals surface area contributed by atoms with Gasteiger partial charge in [-0.05, 0) is 0 Å². The first kappa shape index (κ1) is 15.9. The summed E-state index contributed by atoms with van der Waals surface area (Å²) in [6, 6.07) is 0. The second kappa shape index (κ2) is 10.7. The Morgan fingerprint density at radius 1 is 0.556 bits per heavy atom. The molecule has 1 saturated heterocycles. The molecule has 1 heterocycles. The smallest absolute Gasteiger partial charge is 0.152 e. The third-order valence-electron chi connectivity index (χ3n) is 0.500. The molecule has 0 aromatic heterocycles. The van der Waals surface area contributed by atoms with Gasteiger partial charge in [-0.1, -0.05) is 0 Å². The molecule has 1 fully saturated rings. The fraction of sp³-hybridized carbons (Fsp3) is 1.00. The van der Waals surface area contributed by atoms with Gasteiger partial charge in [0.15, 0.2) is 20.4 Å². The van der Waals surface area contributed by atoms with Gasteiger partial charge in [0.2, 0.25) is 0 Å². The standard InChI is InChI=1S/C3H6O3.3H2O/c1-4-2-6-3-5-1;;;/h1-3H2;3*1H2. The lowest BCUT2D eigenvalue weighted by Crippen LogP contribution is -2.14. The van der Waals surface area contributed by atoms with Crippen LogP contribution in [0.4, 0.5) is 0 Å². The van der Waals surface area contributed by atoms with Crippen molar-refractivity contribution in [1.29, 1.82) is 0 Å². The van der Waals surface area contributed by atoms with E-state index in [9.17, 15) is 0 Å². The molecule has 0 spiro atoms. The lowest BCUT2D eigenvalue weighted by Gasteiger charge is -2.10. The molecule has 0 atom stereocenters. The van der Waals surface area contributed by atoms with Crippen molar-refractivity contribution in [2.75, 3.05) is 20.4 Å². The average Bonchev–Trinajstić information content (AvgIpc) is 1.72. The molecule has 6 heteroatoms. The van der Waals surface area contributed by atoms with Crippen molar-refractivity contribution in [3.05, 3.63) is 0 Å². The van der Waals surface area contributed by atoms with Crippen LogP contribution in [0.1, 0.15) is 0 Å². The highest BCUT2D eigenvalue weighted by Gasteiger charge is 1.93. The highest BCUT2D eigenvalue weighted by Crippen LogP contribution is 1.87. The van der Waals surface area contributed by atoms with E-state index in [1.54, 1.807) is 0 Å². The van der Waals surface area contributed by atoms with Gasteiger partial charge in [0.25, 0.3) is 0 Å². The van der Waals surface area contributed by atoms with Crippen LogP contribution < -0.4 is 0 Å². The van der Waals surface area contributed by atoms with Gasteiger partial charge in [-0.15, -0.1) is 0 Å². The van der Waals surface area contributed by atoms with Gasteiger partial charge in [-0.25, -0.2) is 0 Å². The number of ether oxygens (including phenoxy) is 3. The molecule has 1 rings (SSSR count). The minimum atomic E-state index is 0. The lowest BCUT2D eigenvalue weighted by atomic mass is 11.2. The van der Waals surface area contributed by atoms with Gasteiger partial charge >= 0.3 is 0 Å². The van der Waals surface area contributed by atoms with Gasteiger partial charge in [-0.2, -0.15) is 0 Å². The fourth-order valence-electron chi connectivity index (χ4n) is 0.279. The van der Waals surface area contributed by atoms with Gasteiger partial charge in [0.1, 0.15) is 0 Å². The van der Waals surface area contributed by atoms with Gasteiger partial charge in [0, 0.05) is 0 Å². The SMILES string of the molecule is C1OCOCO1.O.O.O. The maximum Gasteiger partial charge on any atom is 0.152 e. The Morgan fingerprint density at radius 3 is 0.889 bits per heavy atom. The van der Waals surface area contributed by atoms with Crippen LogP contribution in [0.3, 0.4) is 0 Å². The highest BCUT2D eigenvalue weighted by atomic mass is 16.8. The predicted molar refractivity (Wildman–Crippen MR) is 28.7 cm³/mol. The quantitative estimate of drug-likeness (QED) is 0.371. The topological polar surface area (TPSA) is 122 Å². The summed E-state index contributed by atoms with van der Waals surface area (Å²) >= 11 is 0. The van der Waals surface area contributed by atoms with Crippen molar-refractivity contribution in [2.24, 2.45) is 0 Å². The molecule has 0 aliphatic carbocycles.